The van der Waals surface area contributed by atoms with Crippen molar-refractivity contribution in [1.82, 2.24) is 15.1 Å². The van der Waals surface area contributed by atoms with Gasteiger partial charge in [-0.15, -0.1) is 0 Å². The number of rotatable bonds is 4. The van der Waals surface area contributed by atoms with Crippen LogP contribution in [0.2, 0.25) is 0 Å². The summed E-state index contributed by atoms with van der Waals surface area (Å²) in [6, 6.07) is 3.42. The molecule has 24 heavy (non-hydrogen) atoms. The molecule has 0 radical (unpaired) electrons. The van der Waals surface area contributed by atoms with Crippen LogP contribution in [0.1, 0.15) is 18.5 Å². The number of hydrogen-bond donors (Lipinski definition) is 1. The van der Waals surface area contributed by atoms with Crippen LogP contribution in [0.5, 0.6) is 0 Å². The number of carbonyl (C=O) groups is 2. The first-order chi connectivity index (χ1) is 11.4. The van der Waals surface area contributed by atoms with E-state index in [0.717, 1.165) is 6.07 Å². The van der Waals surface area contributed by atoms with Gasteiger partial charge in [-0.2, -0.15) is 0 Å². The van der Waals surface area contributed by atoms with Gasteiger partial charge in [0.25, 0.3) is 0 Å². The molecule has 1 unspecified atom stereocenters. The van der Waals surface area contributed by atoms with Gasteiger partial charge >= 0.3 is 6.09 Å². The third-order valence-corrected chi connectivity index (χ3v) is 4.16. The summed E-state index contributed by atoms with van der Waals surface area (Å²) >= 11 is 0. The third-order valence-electron chi connectivity index (χ3n) is 4.16. The molecule has 1 aliphatic heterocycles. The molecule has 1 fully saturated rings. The van der Waals surface area contributed by atoms with Crippen LogP contribution in [0.25, 0.3) is 0 Å². The van der Waals surface area contributed by atoms with Crippen molar-refractivity contribution in [3.8, 4) is 0 Å². The second kappa shape index (κ2) is 8.16. The monoisotopic (exact) mass is 341 g/mol. The van der Waals surface area contributed by atoms with Gasteiger partial charge in [0.2, 0.25) is 5.91 Å². The molecule has 0 bridgehead atoms. The van der Waals surface area contributed by atoms with E-state index < -0.39 is 23.6 Å². The standard InChI is InChI=1S/C16H21F2N3O3/c1-11(13-4-3-12(17)9-14(13)18)21-7-5-20(6-8-21)10-15(22)19-16(23)24-2/h3-4,9,11H,5-8,10H2,1-2H3,(H,19,22,23). The van der Waals surface area contributed by atoms with Crippen LogP contribution in [0.3, 0.4) is 0 Å². The van der Waals surface area contributed by atoms with E-state index in [0.29, 0.717) is 31.7 Å². The lowest BCUT2D eigenvalue weighted by molar-refractivity contribution is -0.122. The second-order valence-corrected chi connectivity index (χ2v) is 5.69. The summed E-state index contributed by atoms with van der Waals surface area (Å²) in [5.41, 5.74) is 0.452. The fourth-order valence-corrected chi connectivity index (χ4v) is 2.75. The number of benzene rings is 1. The van der Waals surface area contributed by atoms with E-state index in [9.17, 15) is 18.4 Å². The minimum atomic E-state index is -0.779. The Balaban J connectivity index is 1.86. The first-order valence-electron chi connectivity index (χ1n) is 7.70. The molecule has 1 N–H and O–H groups in total. The van der Waals surface area contributed by atoms with E-state index in [1.54, 1.807) is 0 Å². The predicted molar refractivity (Wildman–Crippen MR) is 83.3 cm³/mol. The average molecular weight is 341 g/mol. The van der Waals surface area contributed by atoms with E-state index in [1.807, 2.05) is 11.8 Å². The predicted octanol–water partition coefficient (Wildman–Crippen LogP) is 1.53. The lowest BCUT2D eigenvalue weighted by Crippen LogP contribution is -2.50. The molecule has 8 heteroatoms. The summed E-state index contributed by atoms with van der Waals surface area (Å²) in [4.78, 5) is 26.6. The SMILES string of the molecule is COC(=O)NC(=O)CN1CCN(C(C)c2ccc(F)cc2F)CC1. The molecule has 1 aliphatic rings. The van der Waals surface area contributed by atoms with Crippen molar-refractivity contribution in [2.45, 2.75) is 13.0 Å². The van der Waals surface area contributed by atoms with Crippen LogP contribution >= 0.6 is 0 Å². The van der Waals surface area contributed by atoms with Crippen molar-refractivity contribution in [3.05, 3.63) is 35.4 Å². The molecular formula is C16H21F2N3O3. The average Bonchev–Trinajstić information content (AvgIpc) is 2.54. The number of hydrogen-bond acceptors (Lipinski definition) is 5. The van der Waals surface area contributed by atoms with E-state index in [1.165, 1.54) is 19.2 Å². The van der Waals surface area contributed by atoms with Gasteiger partial charge in [-0.05, 0) is 13.0 Å². The zero-order valence-corrected chi connectivity index (χ0v) is 13.7. The number of carbonyl (C=O) groups excluding carboxylic acids is 2. The summed E-state index contributed by atoms with van der Waals surface area (Å²) in [5.74, 6) is -1.57. The fraction of sp³-hybridized carbons (Fsp3) is 0.500. The number of nitrogens with zero attached hydrogens (tertiary/aromatic N) is 2. The van der Waals surface area contributed by atoms with Crippen LogP contribution in [0, 0.1) is 11.6 Å². The number of ether oxygens (including phenoxy) is 1. The van der Waals surface area contributed by atoms with E-state index >= 15 is 0 Å². The van der Waals surface area contributed by atoms with Crippen LogP contribution in [0.4, 0.5) is 13.6 Å². The molecule has 0 spiro atoms. The van der Waals surface area contributed by atoms with Crippen molar-refractivity contribution in [1.29, 1.82) is 0 Å². The van der Waals surface area contributed by atoms with E-state index in [-0.39, 0.29) is 12.6 Å². The van der Waals surface area contributed by atoms with Crippen molar-refractivity contribution < 1.29 is 23.1 Å². The topological polar surface area (TPSA) is 61.9 Å². The maximum absolute atomic E-state index is 13.9. The van der Waals surface area contributed by atoms with Crippen LogP contribution in [-0.2, 0) is 9.53 Å². The van der Waals surface area contributed by atoms with Gasteiger partial charge in [0.05, 0.1) is 13.7 Å². The molecule has 1 saturated heterocycles. The van der Waals surface area contributed by atoms with Crippen LogP contribution < -0.4 is 5.32 Å². The fourth-order valence-electron chi connectivity index (χ4n) is 2.75. The molecule has 6 nitrogen and oxygen atoms in total. The molecule has 1 aromatic carbocycles. The highest BCUT2D eigenvalue weighted by molar-refractivity contribution is 5.92. The number of piperazine rings is 1. The highest BCUT2D eigenvalue weighted by Gasteiger charge is 2.25. The Bertz CT molecular complexity index is 604. The molecule has 0 aliphatic carbocycles. The smallest absolute Gasteiger partial charge is 0.413 e. The van der Waals surface area contributed by atoms with E-state index in [4.69, 9.17) is 0 Å². The van der Waals surface area contributed by atoms with Crippen molar-refractivity contribution >= 4 is 12.0 Å². The molecule has 1 aromatic rings. The zero-order chi connectivity index (χ0) is 17.7. The molecule has 1 heterocycles. The number of nitrogens with one attached hydrogen (secondary N) is 1. The minimum Gasteiger partial charge on any atom is -0.453 e. The number of imide groups is 1. The van der Waals surface area contributed by atoms with Crippen molar-refractivity contribution in [2.24, 2.45) is 0 Å². The number of alkyl carbamates (subject to hydrolysis) is 1. The summed E-state index contributed by atoms with van der Waals surface area (Å²) in [6.45, 7) is 4.48. The van der Waals surface area contributed by atoms with Crippen LogP contribution in [0.15, 0.2) is 18.2 Å². The molecule has 132 valence electrons. The van der Waals surface area contributed by atoms with Gasteiger partial charge in [0.15, 0.2) is 0 Å². The molecule has 2 amide bonds. The van der Waals surface area contributed by atoms with Crippen molar-refractivity contribution in [3.63, 3.8) is 0 Å². The first-order valence-corrected chi connectivity index (χ1v) is 7.70. The normalized spacial score (nSPS) is 17.3. The van der Waals surface area contributed by atoms with Gasteiger partial charge < -0.3 is 4.74 Å². The Morgan fingerprint density at radius 2 is 1.92 bits per heavy atom. The van der Waals surface area contributed by atoms with Gasteiger partial charge in [0.1, 0.15) is 11.6 Å². The lowest BCUT2D eigenvalue weighted by atomic mass is 10.1. The van der Waals surface area contributed by atoms with Crippen molar-refractivity contribution in [2.75, 3.05) is 39.8 Å². The maximum Gasteiger partial charge on any atom is 0.413 e. The van der Waals surface area contributed by atoms with Crippen LogP contribution in [-0.4, -0.2) is 61.6 Å². The summed E-state index contributed by atoms with van der Waals surface area (Å²) in [5, 5.41) is 2.11. The van der Waals surface area contributed by atoms with Gasteiger partial charge in [0, 0.05) is 43.9 Å². The Labute approximate surface area is 139 Å². The summed E-state index contributed by atoms with van der Waals surface area (Å²) < 4.78 is 31.3. The number of methoxy groups -OCH3 is 1. The third kappa shape index (κ3) is 4.72. The quantitative estimate of drug-likeness (QED) is 0.900. The number of amides is 2. The molecule has 0 aromatic heterocycles. The number of halogens is 2. The maximum atomic E-state index is 13.9. The molecule has 1 atom stereocenters. The summed E-state index contributed by atoms with van der Waals surface area (Å²) in [6.07, 6.45) is -0.779. The molecule has 2 rings (SSSR count). The molecular weight excluding hydrogens is 320 g/mol. The Morgan fingerprint density at radius 1 is 1.25 bits per heavy atom. The zero-order valence-electron chi connectivity index (χ0n) is 13.7. The van der Waals surface area contributed by atoms with E-state index in [2.05, 4.69) is 15.0 Å². The molecule has 0 saturated carbocycles. The highest BCUT2D eigenvalue weighted by atomic mass is 19.1. The largest absolute Gasteiger partial charge is 0.453 e. The Hall–Kier alpha value is -2.06. The summed E-state index contributed by atoms with van der Waals surface area (Å²) in [7, 11) is 1.19. The Kier molecular flexibility index (Phi) is 6.22. The van der Waals surface area contributed by atoms with Gasteiger partial charge in [-0.25, -0.2) is 13.6 Å². The first kappa shape index (κ1) is 18.3. The van der Waals surface area contributed by atoms with Gasteiger partial charge in [-0.3, -0.25) is 19.9 Å². The lowest BCUT2D eigenvalue weighted by Gasteiger charge is -2.37. The van der Waals surface area contributed by atoms with Gasteiger partial charge in [-0.1, -0.05) is 6.07 Å². The minimum absolute atomic E-state index is 0.0994. The highest BCUT2D eigenvalue weighted by Crippen LogP contribution is 2.24. The Morgan fingerprint density at radius 3 is 2.50 bits per heavy atom. The second-order valence-electron chi connectivity index (χ2n) is 5.69.